The van der Waals surface area contributed by atoms with E-state index in [0.29, 0.717) is 0 Å². The first-order chi connectivity index (χ1) is 7.79. The van der Waals surface area contributed by atoms with Crippen LogP contribution in [-0.4, -0.2) is 53.5 Å². The first kappa shape index (κ1) is 17.9. The quantitative estimate of drug-likeness (QED) is 0.907. The molecule has 0 spiro atoms. The summed E-state index contributed by atoms with van der Waals surface area (Å²) in [5, 5.41) is 1.06. The molecule has 1 aromatic rings. The lowest BCUT2D eigenvalue weighted by Gasteiger charge is -2.20. The monoisotopic (exact) mass is 313 g/mol. The number of hydrogen-bond donors (Lipinski definition) is 1. The molecule has 106 valence electrons. The molecule has 1 aromatic heterocycles. The minimum absolute atomic E-state index is 0. The SMILES string of the molecule is Cc1nsc(N2CCCN(CCN)CC2)n1.Cl.Cl. The molecule has 0 amide bonds. The highest BCUT2D eigenvalue weighted by Crippen LogP contribution is 2.18. The molecule has 0 bridgehead atoms. The maximum atomic E-state index is 5.58. The van der Waals surface area contributed by atoms with Crippen molar-refractivity contribution < 1.29 is 0 Å². The van der Waals surface area contributed by atoms with Gasteiger partial charge in [-0.3, -0.25) is 0 Å². The zero-order valence-corrected chi connectivity index (χ0v) is 13.0. The number of nitrogens with zero attached hydrogens (tertiary/aromatic N) is 4. The van der Waals surface area contributed by atoms with E-state index in [1.807, 2.05) is 6.92 Å². The van der Waals surface area contributed by atoms with Crippen LogP contribution in [0.25, 0.3) is 0 Å². The van der Waals surface area contributed by atoms with Crippen molar-refractivity contribution in [1.29, 1.82) is 0 Å². The molecular formula is C10H21Cl2N5S. The molecule has 0 radical (unpaired) electrons. The number of anilines is 1. The van der Waals surface area contributed by atoms with E-state index < -0.39 is 0 Å². The van der Waals surface area contributed by atoms with Crippen molar-refractivity contribution in [1.82, 2.24) is 14.3 Å². The highest BCUT2D eigenvalue weighted by Gasteiger charge is 2.16. The molecule has 1 aliphatic rings. The Kier molecular flexibility index (Phi) is 8.81. The van der Waals surface area contributed by atoms with Gasteiger partial charge >= 0.3 is 0 Å². The van der Waals surface area contributed by atoms with Crippen LogP contribution in [0.4, 0.5) is 5.13 Å². The van der Waals surface area contributed by atoms with Crippen LogP contribution in [0.5, 0.6) is 0 Å². The number of nitrogens with two attached hydrogens (primary N) is 1. The molecule has 0 saturated carbocycles. The average Bonchev–Trinajstić information content (AvgIpc) is 2.57. The minimum Gasteiger partial charge on any atom is -0.346 e. The molecule has 2 N–H and O–H groups in total. The molecule has 1 saturated heterocycles. The standard InChI is InChI=1S/C10H19N5S.2ClH/c1-9-12-10(16-13-9)15-5-2-4-14(6-3-11)7-8-15;;/h2-8,11H2,1H3;2*1H. The maximum absolute atomic E-state index is 5.58. The maximum Gasteiger partial charge on any atom is 0.205 e. The van der Waals surface area contributed by atoms with Crippen molar-refractivity contribution in [3.63, 3.8) is 0 Å². The van der Waals surface area contributed by atoms with Gasteiger partial charge in [0.25, 0.3) is 0 Å². The second-order valence-electron chi connectivity index (χ2n) is 4.10. The third-order valence-electron chi connectivity index (χ3n) is 2.82. The van der Waals surface area contributed by atoms with Crippen molar-refractivity contribution in [3.8, 4) is 0 Å². The normalized spacial score (nSPS) is 16.7. The van der Waals surface area contributed by atoms with Crippen LogP contribution >= 0.6 is 36.3 Å². The third kappa shape index (κ3) is 4.85. The Morgan fingerprint density at radius 1 is 1.22 bits per heavy atom. The second kappa shape index (κ2) is 8.87. The summed E-state index contributed by atoms with van der Waals surface area (Å²) < 4.78 is 4.23. The van der Waals surface area contributed by atoms with E-state index in [-0.39, 0.29) is 24.8 Å². The number of halogens is 2. The van der Waals surface area contributed by atoms with Gasteiger partial charge in [-0.05, 0) is 19.9 Å². The highest BCUT2D eigenvalue weighted by molar-refractivity contribution is 7.09. The van der Waals surface area contributed by atoms with Gasteiger partial charge in [-0.1, -0.05) is 0 Å². The summed E-state index contributed by atoms with van der Waals surface area (Å²) in [7, 11) is 0. The first-order valence-corrected chi connectivity index (χ1v) is 6.54. The molecule has 0 atom stereocenters. The van der Waals surface area contributed by atoms with Crippen LogP contribution in [0.1, 0.15) is 12.2 Å². The molecule has 2 rings (SSSR count). The smallest absolute Gasteiger partial charge is 0.205 e. The van der Waals surface area contributed by atoms with Gasteiger partial charge in [-0.2, -0.15) is 4.37 Å². The largest absolute Gasteiger partial charge is 0.346 e. The van der Waals surface area contributed by atoms with Gasteiger partial charge in [0.05, 0.1) is 0 Å². The summed E-state index contributed by atoms with van der Waals surface area (Å²) in [5.41, 5.74) is 5.58. The zero-order chi connectivity index (χ0) is 11.4. The van der Waals surface area contributed by atoms with Gasteiger partial charge in [-0.15, -0.1) is 24.8 Å². The minimum atomic E-state index is 0. The van der Waals surface area contributed by atoms with E-state index in [2.05, 4.69) is 19.2 Å². The van der Waals surface area contributed by atoms with E-state index in [9.17, 15) is 0 Å². The first-order valence-electron chi connectivity index (χ1n) is 5.77. The summed E-state index contributed by atoms with van der Waals surface area (Å²) in [6, 6.07) is 0. The van der Waals surface area contributed by atoms with Gasteiger partial charge in [0.2, 0.25) is 5.13 Å². The summed E-state index contributed by atoms with van der Waals surface area (Å²) in [4.78, 5) is 9.20. The van der Waals surface area contributed by atoms with Crippen molar-refractivity contribution in [3.05, 3.63) is 5.82 Å². The predicted octanol–water partition coefficient (Wildman–Crippen LogP) is 1.16. The van der Waals surface area contributed by atoms with Crippen LogP contribution in [-0.2, 0) is 0 Å². The van der Waals surface area contributed by atoms with E-state index in [4.69, 9.17) is 5.73 Å². The molecule has 0 aromatic carbocycles. The van der Waals surface area contributed by atoms with Crippen LogP contribution in [0.3, 0.4) is 0 Å². The van der Waals surface area contributed by atoms with Gasteiger partial charge in [-0.25, -0.2) is 4.98 Å². The fourth-order valence-electron chi connectivity index (χ4n) is 1.98. The Morgan fingerprint density at radius 3 is 2.61 bits per heavy atom. The fraction of sp³-hybridized carbons (Fsp3) is 0.800. The van der Waals surface area contributed by atoms with Gasteiger partial charge in [0.1, 0.15) is 5.82 Å². The molecule has 1 aliphatic heterocycles. The van der Waals surface area contributed by atoms with E-state index in [0.717, 1.165) is 50.2 Å². The zero-order valence-electron chi connectivity index (χ0n) is 10.5. The summed E-state index contributed by atoms with van der Waals surface area (Å²) >= 11 is 1.50. The Morgan fingerprint density at radius 2 is 2.00 bits per heavy atom. The van der Waals surface area contributed by atoms with Gasteiger partial charge in [0, 0.05) is 44.3 Å². The highest BCUT2D eigenvalue weighted by atomic mass is 35.5. The van der Waals surface area contributed by atoms with Crippen LogP contribution in [0, 0.1) is 6.92 Å². The Hall–Kier alpha value is -0.140. The van der Waals surface area contributed by atoms with Crippen molar-refractivity contribution in [2.75, 3.05) is 44.2 Å². The van der Waals surface area contributed by atoms with E-state index in [1.165, 1.54) is 18.0 Å². The van der Waals surface area contributed by atoms with E-state index in [1.54, 1.807) is 0 Å². The molecule has 8 heteroatoms. The van der Waals surface area contributed by atoms with Crippen LogP contribution in [0.15, 0.2) is 0 Å². The Balaban J connectivity index is 0.00000144. The lowest BCUT2D eigenvalue weighted by molar-refractivity contribution is 0.302. The summed E-state index contributed by atoms with van der Waals surface area (Å²) in [5.74, 6) is 0.878. The number of hydrogen-bond acceptors (Lipinski definition) is 6. The molecule has 0 unspecified atom stereocenters. The van der Waals surface area contributed by atoms with Crippen LogP contribution in [0.2, 0.25) is 0 Å². The van der Waals surface area contributed by atoms with Crippen LogP contribution < -0.4 is 10.6 Å². The van der Waals surface area contributed by atoms with Crippen molar-refractivity contribution >= 4 is 41.5 Å². The van der Waals surface area contributed by atoms with Gasteiger partial charge in [0.15, 0.2) is 0 Å². The predicted molar refractivity (Wildman–Crippen MR) is 81.5 cm³/mol. The van der Waals surface area contributed by atoms with E-state index >= 15 is 0 Å². The molecule has 1 fully saturated rings. The number of aryl methyl sites for hydroxylation is 1. The molecule has 5 nitrogen and oxygen atoms in total. The summed E-state index contributed by atoms with van der Waals surface area (Å²) in [6.07, 6.45) is 1.18. The molecule has 2 heterocycles. The Labute approximate surface area is 125 Å². The van der Waals surface area contributed by atoms with Gasteiger partial charge < -0.3 is 15.5 Å². The average molecular weight is 314 g/mol. The van der Waals surface area contributed by atoms with Crippen molar-refractivity contribution in [2.45, 2.75) is 13.3 Å². The lowest BCUT2D eigenvalue weighted by Crippen LogP contribution is -2.33. The summed E-state index contributed by atoms with van der Waals surface area (Å²) in [6.45, 7) is 8.03. The molecule has 0 aliphatic carbocycles. The molecule has 18 heavy (non-hydrogen) atoms. The number of rotatable bonds is 3. The molecular weight excluding hydrogens is 293 g/mol. The topological polar surface area (TPSA) is 58.3 Å². The Bertz CT molecular complexity index is 336. The van der Waals surface area contributed by atoms with Crippen molar-refractivity contribution in [2.24, 2.45) is 5.73 Å². The second-order valence-corrected chi connectivity index (χ2v) is 4.83. The lowest BCUT2D eigenvalue weighted by atomic mass is 10.4. The fourth-order valence-corrected chi connectivity index (χ4v) is 2.71. The third-order valence-corrected chi connectivity index (χ3v) is 3.69. The number of aromatic nitrogens is 2.